The number of rotatable bonds is 38. The Kier molecular flexibility index (Phi) is 36.5. The zero-order valence-corrected chi connectivity index (χ0v) is 33.3. The zero-order chi connectivity index (χ0) is 34.9. The first-order valence-electron chi connectivity index (χ1n) is 20.7. The van der Waals surface area contributed by atoms with E-state index in [0.717, 1.165) is 38.5 Å². The van der Waals surface area contributed by atoms with Gasteiger partial charge in [0.1, 0.15) is 13.1 Å². The molecule has 0 aliphatic rings. The summed E-state index contributed by atoms with van der Waals surface area (Å²) in [6.07, 6.45) is 38.6. The van der Waals surface area contributed by atoms with Crippen LogP contribution in [0.2, 0.25) is 0 Å². The highest BCUT2D eigenvalue weighted by Crippen LogP contribution is 2.16. The van der Waals surface area contributed by atoms with Gasteiger partial charge in [-0.2, -0.15) is 0 Å². The van der Waals surface area contributed by atoms with Gasteiger partial charge in [0, 0.05) is 12.8 Å². The number of quaternary nitrogens is 1. The Morgan fingerprint density at radius 3 is 0.708 bits per heavy atom. The van der Waals surface area contributed by atoms with E-state index in [4.69, 9.17) is 0 Å². The number of hydrogen-bond acceptors (Lipinski definition) is 4. The minimum Gasteiger partial charge on any atom is -1.00 e. The van der Waals surface area contributed by atoms with Gasteiger partial charge in [0.15, 0.2) is 0 Å². The number of ketones is 4. The SMILES string of the molecule is CCCCCCCCCCCCCCCCCC(=O)C(=O)C[N+](C)(C)CC(=O)C(=O)CCCCCCCCCCCCCCCCC.[Cl-]. The number of unbranched alkanes of at least 4 members (excludes halogenated alkanes) is 28. The fraction of sp³-hybridized carbons (Fsp3) is 0.905. The van der Waals surface area contributed by atoms with Crippen LogP contribution in [0.5, 0.6) is 0 Å². The Balaban J connectivity index is 0. The van der Waals surface area contributed by atoms with E-state index >= 15 is 0 Å². The molecule has 0 aromatic carbocycles. The Morgan fingerprint density at radius 2 is 0.500 bits per heavy atom. The summed E-state index contributed by atoms with van der Waals surface area (Å²) in [4.78, 5) is 50.0. The second-order valence-corrected chi connectivity index (χ2v) is 15.3. The smallest absolute Gasteiger partial charge is 0.252 e. The number of carbonyl (C=O) groups is 4. The molecule has 0 spiro atoms. The highest BCUT2D eigenvalue weighted by Gasteiger charge is 2.29. The van der Waals surface area contributed by atoms with E-state index in [1.165, 1.54) is 154 Å². The Bertz CT molecular complexity index is 720. The molecule has 0 heterocycles. The average Bonchev–Trinajstić information content (AvgIpc) is 3.03. The minimum absolute atomic E-state index is 0. The molecule has 0 saturated heterocycles. The molecule has 0 unspecified atom stereocenters. The van der Waals surface area contributed by atoms with Crippen LogP contribution in [0, 0.1) is 0 Å². The van der Waals surface area contributed by atoms with Gasteiger partial charge >= 0.3 is 0 Å². The Labute approximate surface area is 304 Å². The van der Waals surface area contributed by atoms with Gasteiger partial charge in [-0.15, -0.1) is 0 Å². The summed E-state index contributed by atoms with van der Waals surface area (Å²) in [6, 6.07) is 0. The topological polar surface area (TPSA) is 68.3 Å². The molecule has 0 saturated carbocycles. The van der Waals surface area contributed by atoms with Gasteiger partial charge < -0.3 is 16.9 Å². The van der Waals surface area contributed by atoms with Gasteiger partial charge in [-0.05, 0) is 12.8 Å². The van der Waals surface area contributed by atoms with Gasteiger partial charge in [-0.25, -0.2) is 0 Å². The van der Waals surface area contributed by atoms with Crippen LogP contribution in [-0.4, -0.2) is 54.8 Å². The van der Waals surface area contributed by atoms with E-state index in [2.05, 4.69) is 13.8 Å². The standard InChI is InChI=1S/C42H80NO4.ClH/c1-5-7-9-11-13-15-17-19-21-23-25-27-29-31-33-35-39(44)41(46)37-43(3,4)38-42(47)40(45)36-34-32-30-28-26-24-22-20-18-16-14-12-10-8-6-2;/h5-38H2,1-4H3;1H/q+1;/p-1. The van der Waals surface area contributed by atoms with Crippen molar-refractivity contribution in [3.63, 3.8) is 0 Å². The van der Waals surface area contributed by atoms with Crippen LogP contribution in [0.25, 0.3) is 0 Å². The van der Waals surface area contributed by atoms with Crippen molar-refractivity contribution in [3.8, 4) is 0 Å². The van der Waals surface area contributed by atoms with E-state index in [0.29, 0.717) is 12.8 Å². The maximum absolute atomic E-state index is 12.6. The van der Waals surface area contributed by atoms with E-state index in [1.807, 2.05) is 0 Å². The molecule has 0 fully saturated rings. The summed E-state index contributed by atoms with van der Waals surface area (Å²) in [6.45, 7) is 4.49. The number of carbonyl (C=O) groups excluding carboxylic acids is 4. The highest BCUT2D eigenvalue weighted by molar-refractivity contribution is 6.38. The number of Topliss-reactive ketones (excluding diaryl/α,β-unsaturated/α-hetero) is 4. The summed E-state index contributed by atoms with van der Waals surface area (Å²) in [5, 5.41) is 0. The van der Waals surface area contributed by atoms with Crippen molar-refractivity contribution in [2.24, 2.45) is 0 Å². The van der Waals surface area contributed by atoms with Crippen LogP contribution in [0.3, 0.4) is 0 Å². The molecular formula is C42H80ClNO4. The van der Waals surface area contributed by atoms with E-state index in [-0.39, 0.29) is 41.5 Å². The molecule has 0 aromatic rings. The second-order valence-electron chi connectivity index (χ2n) is 15.3. The third kappa shape index (κ3) is 33.4. The third-order valence-electron chi connectivity index (χ3n) is 9.78. The molecule has 0 amide bonds. The maximum atomic E-state index is 12.6. The molecule has 0 atom stereocenters. The lowest BCUT2D eigenvalue weighted by molar-refractivity contribution is -0.873. The number of hydrogen-bond donors (Lipinski definition) is 0. The maximum Gasteiger partial charge on any atom is 0.252 e. The van der Waals surface area contributed by atoms with Gasteiger partial charge in [-0.3, -0.25) is 19.2 Å². The highest BCUT2D eigenvalue weighted by atomic mass is 35.5. The van der Waals surface area contributed by atoms with Gasteiger partial charge in [0.05, 0.1) is 14.1 Å². The van der Waals surface area contributed by atoms with Crippen LogP contribution < -0.4 is 12.4 Å². The van der Waals surface area contributed by atoms with Crippen molar-refractivity contribution in [1.29, 1.82) is 0 Å². The van der Waals surface area contributed by atoms with E-state index in [9.17, 15) is 19.2 Å². The molecular weight excluding hydrogens is 618 g/mol. The molecule has 0 radical (unpaired) electrons. The van der Waals surface area contributed by atoms with Crippen molar-refractivity contribution < 1.29 is 36.1 Å². The second kappa shape index (κ2) is 35.7. The van der Waals surface area contributed by atoms with Crippen LogP contribution in [-0.2, 0) is 19.2 Å². The molecule has 5 nitrogen and oxygen atoms in total. The van der Waals surface area contributed by atoms with E-state index < -0.39 is 11.6 Å². The first-order chi connectivity index (χ1) is 22.7. The lowest BCUT2D eigenvalue weighted by atomic mass is 10.0. The quantitative estimate of drug-likeness (QED) is 0.0367. The molecule has 6 heteroatoms. The van der Waals surface area contributed by atoms with Crippen molar-refractivity contribution in [3.05, 3.63) is 0 Å². The lowest BCUT2D eigenvalue weighted by Gasteiger charge is -2.27. The fourth-order valence-corrected chi connectivity index (χ4v) is 6.60. The van der Waals surface area contributed by atoms with Crippen LogP contribution >= 0.6 is 0 Å². The first-order valence-corrected chi connectivity index (χ1v) is 20.7. The molecule has 284 valence electrons. The van der Waals surface area contributed by atoms with Crippen molar-refractivity contribution in [1.82, 2.24) is 0 Å². The number of halogens is 1. The van der Waals surface area contributed by atoms with Gasteiger partial charge in [-0.1, -0.05) is 194 Å². The fourth-order valence-electron chi connectivity index (χ4n) is 6.60. The molecule has 48 heavy (non-hydrogen) atoms. The zero-order valence-electron chi connectivity index (χ0n) is 32.5. The van der Waals surface area contributed by atoms with Crippen molar-refractivity contribution >= 4 is 23.1 Å². The largest absolute Gasteiger partial charge is 1.00 e. The van der Waals surface area contributed by atoms with Gasteiger partial charge in [0.2, 0.25) is 11.6 Å². The summed E-state index contributed by atoms with van der Waals surface area (Å²) >= 11 is 0. The molecule has 0 aliphatic heterocycles. The summed E-state index contributed by atoms with van der Waals surface area (Å²) in [5.41, 5.74) is 0. The normalized spacial score (nSPS) is 11.4. The molecule has 0 bridgehead atoms. The molecule has 0 N–H and O–H groups in total. The van der Waals surface area contributed by atoms with Crippen molar-refractivity contribution in [2.75, 3.05) is 27.2 Å². The first kappa shape index (κ1) is 49.0. The third-order valence-corrected chi connectivity index (χ3v) is 9.78. The average molecular weight is 699 g/mol. The monoisotopic (exact) mass is 698 g/mol. The Morgan fingerprint density at radius 1 is 0.312 bits per heavy atom. The number of nitrogens with zero attached hydrogens (tertiary/aromatic N) is 1. The molecule has 0 aliphatic carbocycles. The summed E-state index contributed by atoms with van der Waals surface area (Å²) < 4.78 is 0.0624. The summed E-state index contributed by atoms with van der Waals surface area (Å²) in [5.74, 6) is -1.49. The predicted octanol–water partition coefficient (Wildman–Crippen LogP) is 8.87. The predicted molar refractivity (Wildman–Crippen MR) is 201 cm³/mol. The lowest BCUT2D eigenvalue weighted by Crippen LogP contribution is -3.00. The van der Waals surface area contributed by atoms with Crippen LogP contribution in [0.1, 0.15) is 219 Å². The minimum atomic E-state index is -0.414. The molecule has 0 aromatic heterocycles. The summed E-state index contributed by atoms with van der Waals surface area (Å²) in [7, 11) is 3.52. The van der Waals surface area contributed by atoms with E-state index in [1.54, 1.807) is 14.1 Å². The van der Waals surface area contributed by atoms with Crippen LogP contribution in [0.15, 0.2) is 0 Å². The number of likely N-dealkylation sites (N-methyl/N-ethyl adjacent to an activating group) is 1. The van der Waals surface area contributed by atoms with Crippen LogP contribution in [0.4, 0.5) is 0 Å². The van der Waals surface area contributed by atoms with Gasteiger partial charge in [0.25, 0.3) is 11.6 Å². The Hall–Kier alpha value is -1.07. The molecule has 0 rings (SSSR count). The van der Waals surface area contributed by atoms with Crippen molar-refractivity contribution in [2.45, 2.75) is 219 Å².